The van der Waals surface area contributed by atoms with E-state index in [0.717, 1.165) is 44.6 Å². The Labute approximate surface area is 160 Å². The van der Waals surface area contributed by atoms with Crippen LogP contribution in [-0.2, 0) is 4.79 Å². The lowest BCUT2D eigenvalue weighted by molar-refractivity contribution is -0.132. The molecule has 5 unspecified atom stereocenters. The molecule has 5 nitrogen and oxygen atoms in total. The van der Waals surface area contributed by atoms with E-state index in [0.29, 0.717) is 29.9 Å². The highest BCUT2D eigenvalue weighted by molar-refractivity contribution is 5.89. The predicted octanol–water partition coefficient (Wildman–Crippen LogP) is 2.62. The van der Waals surface area contributed by atoms with Crippen LogP contribution in [0.4, 0.5) is 0 Å². The van der Waals surface area contributed by atoms with Crippen molar-refractivity contribution in [3.63, 3.8) is 0 Å². The van der Waals surface area contributed by atoms with Crippen LogP contribution in [0.1, 0.15) is 39.0 Å². The first-order chi connectivity index (χ1) is 13.0. The van der Waals surface area contributed by atoms with Crippen molar-refractivity contribution in [2.75, 3.05) is 20.1 Å². The third kappa shape index (κ3) is 1.96. The van der Waals surface area contributed by atoms with Crippen LogP contribution in [0.15, 0.2) is 28.4 Å². The number of carboxylic acid groups (broad SMARTS) is 1. The minimum Gasteiger partial charge on any atom is -0.478 e. The van der Waals surface area contributed by atoms with E-state index in [2.05, 4.69) is 46.2 Å². The van der Waals surface area contributed by atoms with Gasteiger partial charge in [0.25, 0.3) is 0 Å². The number of fused-ring (bicyclic) bond motifs is 1. The first kappa shape index (κ1) is 16.9. The average Bonchev–Trinajstić information content (AvgIpc) is 3.11. The van der Waals surface area contributed by atoms with E-state index < -0.39 is 5.97 Å². The molecule has 2 saturated carbocycles. The zero-order chi connectivity index (χ0) is 18.8. The molecule has 5 bridgehead atoms. The van der Waals surface area contributed by atoms with Crippen molar-refractivity contribution in [1.29, 1.82) is 0 Å². The van der Waals surface area contributed by atoms with Gasteiger partial charge < -0.3 is 15.3 Å². The molecule has 3 aliphatic carbocycles. The maximum Gasteiger partial charge on any atom is 0.331 e. The van der Waals surface area contributed by atoms with Gasteiger partial charge in [0.1, 0.15) is 0 Å². The first-order valence-corrected chi connectivity index (χ1v) is 10.1. The summed E-state index contributed by atoms with van der Waals surface area (Å²) in [5.74, 6) is 8.33. The summed E-state index contributed by atoms with van der Waals surface area (Å²) in [4.78, 5) is 18.7. The second kappa shape index (κ2) is 5.64. The third-order valence-electron chi connectivity index (χ3n) is 8.21. The summed E-state index contributed by atoms with van der Waals surface area (Å²) in [7, 11) is 1.82. The molecular weight excluding hydrogens is 338 g/mol. The topological polar surface area (TPSA) is 64.9 Å². The molecule has 0 saturated heterocycles. The van der Waals surface area contributed by atoms with Crippen molar-refractivity contribution in [3.05, 3.63) is 23.4 Å². The number of nitrogens with one attached hydrogen (secondary N) is 1. The zero-order valence-electron chi connectivity index (χ0n) is 16.1. The highest BCUT2D eigenvalue weighted by Gasteiger charge is 2.70. The van der Waals surface area contributed by atoms with Crippen LogP contribution in [0.5, 0.6) is 0 Å². The number of hydrogen-bond donors (Lipinski definition) is 2. The number of rotatable bonds is 1. The maximum absolute atomic E-state index is 12.0. The van der Waals surface area contributed by atoms with E-state index in [1.165, 1.54) is 5.57 Å². The lowest BCUT2D eigenvalue weighted by Crippen LogP contribution is -2.59. The molecule has 0 aromatic heterocycles. The molecular formula is C22H27N3O2. The highest BCUT2D eigenvalue weighted by Crippen LogP contribution is 2.75. The standard InChI is InChI=1S/C22H27N3O2/c1-14-11-15-5-3-9-24-20(23-2)25-10-4-7-21(13-25)17(15)12-18-16(19(26)27)6-8-22(14,18)21/h4,10,14-15,17H,6-9,11-13H2,1-2H3,(H,23,24)(H,26,27). The Bertz CT molecular complexity index is 861. The Hall–Kier alpha value is -2.22. The van der Waals surface area contributed by atoms with Crippen molar-refractivity contribution < 1.29 is 9.90 Å². The lowest BCUT2D eigenvalue weighted by atomic mass is 9.47. The SMILES string of the molecule is CN=C1NCC#CC2CC(C)C34CCC(C(=O)O)=C3CC2C42CC=CN1C2. The average molecular weight is 365 g/mol. The monoisotopic (exact) mass is 365 g/mol. The fraction of sp³-hybridized carbons (Fsp3) is 0.636. The number of aliphatic imine (C=N–C) groups is 1. The van der Waals surface area contributed by atoms with Crippen molar-refractivity contribution in [1.82, 2.24) is 10.2 Å². The number of aliphatic carboxylic acids is 1. The van der Waals surface area contributed by atoms with Crippen LogP contribution < -0.4 is 5.32 Å². The molecule has 2 aliphatic heterocycles. The van der Waals surface area contributed by atoms with E-state index >= 15 is 0 Å². The minimum atomic E-state index is -0.704. The Kier molecular flexibility index (Phi) is 3.53. The number of carboxylic acids is 1. The molecule has 142 valence electrons. The van der Waals surface area contributed by atoms with Crippen LogP contribution in [0.25, 0.3) is 0 Å². The number of carbonyl (C=O) groups is 1. The number of guanidine groups is 1. The molecule has 27 heavy (non-hydrogen) atoms. The van der Waals surface area contributed by atoms with Gasteiger partial charge in [-0.1, -0.05) is 30.4 Å². The van der Waals surface area contributed by atoms with Crippen molar-refractivity contribution in [2.45, 2.75) is 39.0 Å². The van der Waals surface area contributed by atoms with Gasteiger partial charge in [-0.2, -0.15) is 0 Å². The van der Waals surface area contributed by atoms with E-state index in [1.54, 1.807) is 0 Å². The summed E-state index contributed by atoms with van der Waals surface area (Å²) in [5.41, 5.74) is 2.02. The molecule has 2 N–H and O–H groups in total. The van der Waals surface area contributed by atoms with E-state index in [-0.39, 0.29) is 10.8 Å². The van der Waals surface area contributed by atoms with Crippen LogP contribution in [0, 0.1) is 40.4 Å². The molecule has 0 aromatic rings. The summed E-state index contributed by atoms with van der Waals surface area (Å²) in [6.45, 7) is 3.87. The van der Waals surface area contributed by atoms with Crippen molar-refractivity contribution >= 4 is 11.9 Å². The smallest absolute Gasteiger partial charge is 0.331 e. The molecule has 5 atom stereocenters. The van der Waals surface area contributed by atoms with Crippen molar-refractivity contribution in [2.24, 2.45) is 33.6 Å². The second-order valence-electron chi connectivity index (χ2n) is 8.88. The van der Waals surface area contributed by atoms with E-state index in [1.807, 2.05) is 7.05 Å². The Morgan fingerprint density at radius 2 is 2.33 bits per heavy atom. The highest BCUT2D eigenvalue weighted by atomic mass is 16.4. The van der Waals surface area contributed by atoms with Crippen LogP contribution in [0.2, 0.25) is 0 Å². The molecule has 2 spiro atoms. The van der Waals surface area contributed by atoms with Crippen LogP contribution in [-0.4, -0.2) is 42.1 Å². The van der Waals surface area contributed by atoms with E-state index in [9.17, 15) is 9.90 Å². The largest absolute Gasteiger partial charge is 0.478 e. The summed E-state index contributed by atoms with van der Waals surface area (Å²) in [6, 6.07) is 0. The minimum absolute atomic E-state index is 0.00459. The lowest BCUT2D eigenvalue weighted by Gasteiger charge is -2.59. The molecule has 0 aromatic carbocycles. The molecule has 0 radical (unpaired) electrons. The normalized spacial score (nSPS) is 43.1. The second-order valence-corrected chi connectivity index (χ2v) is 8.88. The number of nitrogens with zero attached hydrogens (tertiary/aromatic N) is 2. The molecule has 2 heterocycles. The number of hydrogen-bond acceptors (Lipinski definition) is 2. The fourth-order valence-corrected chi connectivity index (χ4v) is 7.36. The third-order valence-corrected chi connectivity index (χ3v) is 8.21. The van der Waals surface area contributed by atoms with Gasteiger partial charge in [0.15, 0.2) is 5.96 Å². The van der Waals surface area contributed by atoms with Crippen molar-refractivity contribution in [3.8, 4) is 11.8 Å². The Morgan fingerprint density at radius 1 is 1.48 bits per heavy atom. The van der Waals surface area contributed by atoms with Gasteiger partial charge in [-0.15, -0.1) is 0 Å². The van der Waals surface area contributed by atoms with Gasteiger partial charge >= 0.3 is 5.97 Å². The van der Waals surface area contributed by atoms with Gasteiger partial charge in [0.2, 0.25) is 0 Å². The van der Waals surface area contributed by atoms with Gasteiger partial charge in [-0.05, 0) is 43.9 Å². The van der Waals surface area contributed by atoms with Gasteiger partial charge in [0, 0.05) is 42.1 Å². The Morgan fingerprint density at radius 3 is 3.11 bits per heavy atom. The summed E-state index contributed by atoms with van der Waals surface area (Å²) < 4.78 is 0. The quantitative estimate of drug-likeness (QED) is 0.701. The molecule has 5 heteroatoms. The fourth-order valence-electron chi connectivity index (χ4n) is 7.36. The first-order valence-electron chi connectivity index (χ1n) is 10.1. The summed E-state index contributed by atoms with van der Waals surface area (Å²) in [5, 5.41) is 13.2. The van der Waals surface area contributed by atoms with E-state index in [4.69, 9.17) is 0 Å². The zero-order valence-corrected chi connectivity index (χ0v) is 16.1. The van der Waals surface area contributed by atoms with Crippen LogP contribution in [0.3, 0.4) is 0 Å². The molecule has 5 rings (SSSR count). The summed E-state index contributed by atoms with van der Waals surface area (Å²) in [6.07, 6.45) is 9.16. The summed E-state index contributed by atoms with van der Waals surface area (Å²) >= 11 is 0. The molecule has 5 aliphatic rings. The maximum atomic E-state index is 12.0. The number of allylic oxidation sites excluding steroid dienone is 2. The van der Waals surface area contributed by atoms with Gasteiger partial charge in [-0.25, -0.2) is 4.79 Å². The van der Waals surface area contributed by atoms with Gasteiger partial charge in [-0.3, -0.25) is 4.99 Å². The predicted molar refractivity (Wildman–Crippen MR) is 104 cm³/mol. The molecule has 0 amide bonds. The Balaban J connectivity index is 1.74. The molecule has 2 fully saturated rings. The van der Waals surface area contributed by atoms with Crippen LogP contribution >= 0.6 is 0 Å². The van der Waals surface area contributed by atoms with Gasteiger partial charge in [0.05, 0.1) is 6.54 Å².